The van der Waals surface area contributed by atoms with Crippen LogP contribution in [-0.4, -0.2) is 4.98 Å². The van der Waals surface area contributed by atoms with E-state index in [9.17, 15) is 0 Å². The van der Waals surface area contributed by atoms with Crippen molar-refractivity contribution in [3.63, 3.8) is 0 Å². The highest BCUT2D eigenvalue weighted by Gasteiger charge is 1.96. The Morgan fingerprint density at radius 3 is 2.44 bits per heavy atom. The lowest BCUT2D eigenvalue weighted by atomic mass is 10.2. The molecule has 18 heavy (non-hydrogen) atoms. The first-order valence-electron chi connectivity index (χ1n) is 5.67. The lowest BCUT2D eigenvalue weighted by Gasteiger charge is -1.89. The fourth-order valence-corrected chi connectivity index (χ4v) is 1.94. The Kier molecular flexibility index (Phi) is 2.80. The van der Waals surface area contributed by atoms with Gasteiger partial charge >= 0.3 is 0 Å². The molecule has 0 bridgehead atoms. The van der Waals surface area contributed by atoms with Crippen LogP contribution in [0.3, 0.4) is 0 Å². The van der Waals surface area contributed by atoms with Crippen LogP contribution in [0.4, 0.5) is 0 Å². The molecule has 1 nitrogen and oxygen atoms in total. The number of para-hydroxylation sites is 1. The summed E-state index contributed by atoms with van der Waals surface area (Å²) in [6, 6.07) is 17.7. The van der Waals surface area contributed by atoms with E-state index in [1.807, 2.05) is 42.5 Å². The SMILES string of the molecule is Clc1ccc(C#Cc2cc3ccccc3[nH]2)cc1. The van der Waals surface area contributed by atoms with Crippen LogP contribution >= 0.6 is 11.6 Å². The topological polar surface area (TPSA) is 15.8 Å². The number of aromatic nitrogens is 1. The minimum absolute atomic E-state index is 0.728. The van der Waals surface area contributed by atoms with Crippen LogP contribution in [0.1, 0.15) is 11.3 Å². The molecule has 0 spiro atoms. The zero-order valence-corrected chi connectivity index (χ0v) is 10.3. The van der Waals surface area contributed by atoms with E-state index in [2.05, 4.69) is 29.0 Å². The van der Waals surface area contributed by atoms with Gasteiger partial charge in [0.2, 0.25) is 0 Å². The molecule has 0 radical (unpaired) electrons. The van der Waals surface area contributed by atoms with E-state index in [0.717, 1.165) is 21.8 Å². The number of aromatic amines is 1. The Morgan fingerprint density at radius 2 is 1.67 bits per heavy atom. The summed E-state index contributed by atoms with van der Waals surface area (Å²) in [7, 11) is 0. The second-order valence-electron chi connectivity index (χ2n) is 4.03. The van der Waals surface area contributed by atoms with Crippen LogP contribution in [0.5, 0.6) is 0 Å². The molecule has 1 aromatic heterocycles. The highest BCUT2D eigenvalue weighted by molar-refractivity contribution is 6.30. The molecule has 3 aromatic rings. The van der Waals surface area contributed by atoms with Gasteiger partial charge < -0.3 is 4.98 Å². The van der Waals surface area contributed by atoms with E-state index < -0.39 is 0 Å². The molecule has 2 aromatic carbocycles. The number of halogens is 1. The Labute approximate surface area is 110 Å². The molecule has 1 heterocycles. The lowest BCUT2D eigenvalue weighted by molar-refractivity contribution is 1.42. The average molecular weight is 252 g/mol. The van der Waals surface area contributed by atoms with Gasteiger partial charge in [-0.1, -0.05) is 35.7 Å². The zero-order valence-electron chi connectivity index (χ0n) is 9.57. The number of benzene rings is 2. The minimum Gasteiger partial charge on any atom is -0.348 e. The molecule has 86 valence electrons. The van der Waals surface area contributed by atoms with Gasteiger partial charge in [0.25, 0.3) is 0 Å². The minimum atomic E-state index is 0.728. The maximum absolute atomic E-state index is 5.83. The van der Waals surface area contributed by atoms with Crippen LogP contribution in [-0.2, 0) is 0 Å². The highest BCUT2D eigenvalue weighted by Crippen LogP contribution is 2.14. The number of hydrogen-bond acceptors (Lipinski definition) is 0. The molecule has 0 aliphatic rings. The number of rotatable bonds is 0. The first kappa shape index (κ1) is 11.0. The molecule has 1 N–H and O–H groups in total. The monoisotopic (exact) mass is 251 g/mol. The van der Waals surface area contributed by atoms with Crippen molar-refractivity contribution in [2.24, 2.45) is 0 Å². The van der Waals surface area contributed by atoms with Crippen molar-refractivity contribution in [2.45, 2.75) is 0 Å². The van der Waals surface area contributed by atoms with Gasteiger partial charge in [0.1, 0.15) is 0 Å². The Balaban J connectivity index is 1.95. The van der Waals surface area contributed by atoms with Crippen LogP contribution < -0.4 is 0 Å². The average Bonchev–Trinajstić information content (AvgIpc) is 2.81. The van der Waals surface area contributed by atoms with Crippen LogP contribution in [0.25, 0.3) is 10.9 Å². The maximum atomic E-state index is 5.83. The van der Waals surface area contributed by atoms with Crippen molar-refractivity contribution in [3.05, 3.63) is 70.9 Å². The summed E-state index contributed by atoms with van der Waals surface area (Å²) >= 11 is 5.83. The third-order valence-corrected chi connectivity index (χ3v) is 2.97. The summed E-state index contributed by atoms with van der Waals surface area (Å²) in [5.74, 6) is 6.23. The predicted molar refractivity (Wildman–Crippen MR) is 75.7 cm³/mol. The van der Waals surface area contributed by atoms with Crippen LogP contribution in [0.15, 0.2) is 54.6 Å². The Bertz CT molecular complexity index is 709. The smallest absolute Gasteiger partial charge is 0.0908 e. The van der Waals surface area contributed by atoms with E-state index in [0.29, 0.717) is 0 Å². The summed E-state index contributed by atoms with van der Waals surface area (Å²) in [6.45, 7) is 0. The van der Waals surface area contributed by atoms with Crippen LogP contribution in [0, 0.1) is 11.8 Å². The normalized spacial score (nSPS) is 10.1. The van der Waals surface area contributed by atoms with Crippen molar-refractivity contribution < 1.29 is 0 Å². The number of hydrogen-bond donors (Lipinski definition) is 1. The fraction of sp³-hybridized carbons (Fsp3) is 0. The van der Waals surface area contributed by atoms with Gasteiger partial charge in [-0.15, -0.1) is 0 Å². The molecule has 0 fully saturated rings. The summed E-state index contributed by atoms with van der Waals surface area (Å²) in [4.78, 5) is 3.28. The fourth-order valence-electron chi connectivity index (χ4n) is 1.81. The predicted octanol–water partition coefficient (Wildman–Crippen LogP) is 4.22. The Hall–Kier alpha value is -2.17. The molecule has 0 atom stereocenters. The summed E-state index contributed by atoms with van der Waals surface area (Å²) in [5.41, 5.74) is 2.99. The van der Waals surface area contributed by atoms with Gasteiger partial charge in [-0.25, -0.2) is 0 Å². The van der Waals surface area contributed by atoms with Gasteiger partial charge in [0.05, 0.1) is 5.69 Å². The van der Waals surface area contributed by atoms with E-state index in [1.165, 1.54) is 5.39 Å². The summed E-state index contributed by atoms with van der Waals surface area (Å²) in [5, 5.41) is 1.91. The lowest BCUT2D eigenvalue weighted by Crippen LogP contribution is -1.75. The van der Waals surface area contributed by atoms with Crippen molar-refractivity contribution in [1.82, 2.24) is 4.98 Å². The highest BCUT2D eigenvalue weighted by atomic mass is 35.5. The van der Waals surface area contributed by atoms with E-state index in [4.69, 9.17) is 11.6 Å². The van der Waals surface area contributed by atoms with E-state index in [1.54, 1.807) is 0 Å². The van der Waals surface area contributed by atoms with E-state index in [-0.39, 0.29) is 0 Å². The summed E-state index contributed by atoms with van der Waals surface area (Å²) in [6.07, 6.45) is 0. The molecule has 0 unspecified atom stereocenters. The zero-order chi connectivity index (χ0) is 12.4. The van der Waals surface area contributed by atoms with Crippen molar-refractivity contribution in [1.29, 1.82) is 0 Å². The molecular weight excluding hydrogens is 242 g/mol. The largest absolute Gasteiger partial charge is 0.348 e. The van der Waals surface area contributed by atoms with Gasteiger partial charge in [0.15, 0.2) is 0 Å². The third-order valence-electron chi connectivity index (χ3n) is 2.72. The van der Waals surface area contributed by atoms with Gasteiger partial charge in [-0.2, -0.15) is 0 Å². The molecular formula is C16H10ClN. The first-order chi connectivity index (χ1) is 8.81. The molecule has 3 rings (SSSR count). The molecule has 0 aliphatic carbocycles. The Morgan fingerprint density at radius 1 is 0.889 bits per heavy atom. The van der Waals surface area contributed by atoms with Crippen molar-refractivity contribution in [2.75, 3.05) is 0 Å². The second-order valence-corrected chi connectivity index (χ2v) is 4.46. The molecule has 0 amide bonds. The van der Waals surface area contributed by atoms with Crippen molar-refractivity contribution in [3.8, 4) is 11.8 Å². The maximum Gasteiger partial charge on any atom is 0.0908 e. The van der Waals surface area contributed by atoms with Crippen LogP contribution in [0.2, 0.25) is 5.02 Å². The molecule has 0 aliphatic heterocycles. The summed E-state index contributed by atoms with van der Waals surface area (Å²) < 4.78 is 0. The standard InChI is InChI=1S/C16H10ClN/c17-14-8-5-12(6-9-14)7-10-15-11-13-3-1-2-4-16(13)18-15/h1-6,8-9,11,18H. The van der Waals surface area contributed by atoms with Gasteiger partial charge in [-0.05, 0) is 42.3 Å². The third kappa shape index (κ3) is 2.25. The second kappa shape index (κ2) is 4.60. The number of H-pyrrole nitrogens is 1. The van der Waals surface area contributed by atoms with Gasteiger partial charge in [-0.3, -0.25) is 0 Å². The first-order valence-corrected chi connectivity index (χ1v) is 6.04. The quantitative estimate of drug-likeness (QED) is 0.576. The molecule has 2 heteroatoms. The number of fused-ring (bicyclic) bond motifs is 1. The van der Waals surface area contributed by atoms with Gasteiger partial charge in [0, 0.05) is 21.5 Å². The van der Waals surface area contributed by atoms with E-state index >= 15 is 0 Å². The number of nitrogens with one attached hydrogen (secondary N) is 1. The molecule has 0 saturated carbocycles. The molecule has 0 saturated heterocycles. The van der Waals surface area contributed by atoms with Crippen molar-refractivity contribution >= 4 is 22.5 Å².